The second kappa shape index (κ2) is 4.36. The smallest absolute Gasteiger partial charge is 0.433 e. The average molecular weight is 250 g/mol. The van der Waals surface area contributed by atoms with E-state index in [2.05, 4.69) is 4.98 Å². The number of pyridine rings is 1. The second-order valence-corrected chi connectivity index (χ2v) is 3.03. The topological polar surface area (TPSA) is 93.3 Å². The van der Waals surface area contributed by atoms with Crippen LogP contribution in [0.15, 0.2) is 12.3 Å². The molecule has 0 atom stereocenters. The lowest BCUT2D eigenvalue weighted by Gasteiger charge is -2.09. The number of rotatable bonds is 3. The summed E-state index contributed by atoms with van der Waals surface area (Å²) in [6, 6.07) is 0.559. The summed E-state index contributed by atoms with van der Waals surface area (Å²) in [5.41, 5.74) is -2.85. The van der Waals surface area contributed by atoms with Gasteiger partial charge in [-0.05, 0) is 0 Å². The first-order valence-electron chi connectivity index (χ1n) is 4.14. The van der Waals surface area contributed by atoms with Crippen LogP contribution in [0.5, 0.6) is 0 Å². The first-order chi connectivity index (χ1) is 7.71. The number of alkyl halides is 3. The second-order valence-electron chi connectivity index (χ2n) is 3.03. The quantitative estimate of drug-likeness (QED) is 0.650. The van der Waals surface area contributed by atoms with Gasteiger partial charge in [-0.3, -0.25) is 14.9 Å². The molecule has 0 aliphatic heterocycles. The van der Waals surface area contributed by atoms with E-state index in [9.17, 15) is 28.1 Å². The lowest BCUT2D eigenvalue weighted by molar-refractivity contribution is -0.385. The van der Waals surface area contributed by atoms with Gasteiger partial charge < -0.3 is 5.11 Å². The molecule has 1 aromatic heterocycles. The molecule has 0 aliphatic rings. The number of carboxylic acid groups (broad SMARTS) is 1. The van der Waals surface area contributed by atoms with E-state index < -0.39 is 40.4 Å². The van der Waals surface area contributed by atoms with E-state index in [1.54, 1.807) is 0 Å². The highest BCUT2D eigenvalue weighted by Crippen LogP contribution is 2.31. The van der Waals surface area contributed by atoms with Crippen LogP contribution >= 0.6 is 0 Å². The number of nitro groups is 1. The van der Waals surface area contributed by atoms with E-state index >= 15 is 0 Å². The summed E-state index contributed by atoms with van der Waals surface area (Å²) >= 11 is 0. The van der Waals surface area contributed by atoms with Crippen molar-refractivity contribution >= 4 is 11.7 Å². The molecule has 0 amide bonds. The van der Waals surface area contributed by atoms with Gasteiger partial charge in [0.05, 0.1) is 11.3 Å². The molecule has 0 spiro atoms. The van der Waals surface area contributed by atoms with Crippen molar-refractivity contribution in [1.82, 2.24) is 4.98 Å². The van der Waals surface area contributed by atoms with Crippen LogP contribution in [-0.2, 0) is 17.4 Å². The first kappa shape index (κ1) is 12.9. The normalized spacial score (nSPS) is 11.2. The van der Waals surface area contributed by atoms with E-state index in [1.165, 1.54) is 0 Å². The molecule has 0 radical (unpaired) electrons. The van der Waals surface area contributed by atoms with Crippen LogP contribution in [0, 0.1) is 10.1 Å². The van der Waals surface area contributed by atoms with Gasteiger partial charge in [0.2, 0.25) is 0 Å². The van der Waals surface area contributed by atoms with Crippen LogP contribution in [-0.4, -0.2) is 21.0 Å². The Labute approximate surface area is 91.9 Å². The van der Waals surface area contributed by atoms with E-state index in [0.29, 0.717) is 12.3 Å². The van der Waals surface area contributed by atoms with E-state index in [0.717, 1.165) is 0 Å². The number of carboxylic acids is 1. The van der Waals surface area contributed by atoms with Gasteiger partial charge in [0.1, 0.15) is 11.9 Å². The molecule has 1 rings (SSSR count). The number of nitrogens with zero attached hydrogens (tertiary/aromatic N) is 2. The highest BCUT2D eigenvalue weighted by atomic mass is 19.4. The fourth-order valence-electron chi connectivity index (χ4n) is 1.15. The van der Waals surface area contributed by atoms with Gasteiger partial charge in [-0.15, -0.1) is 0 Å². The number of hydrogen-bond donors (Lipinski definition) is 1. The standard InChI is InChI=1S/C8H5F3N2O4/c9-8(10,11)7-4(2-6(14)15)1-5(3-12-7)13(16)17/h1,3H,2H2,(H,14,15). The van der Waals surface area contributed by atoms with Gasteiger partial charge in [-0.1, -0.05) is 0 Å². The Balaban J connectivity index is 3.31. The molecule has 0 unspecified atom stereocenters. The van der Waals surface area contributed by atoms with Crippen molar-refractivity contribution in [3.63, 3.8) is 0 Å². The average Bonchev–Trinajstić information content (AvgIpc) is 2.14. The molecule has 1 heterocycles. The Morgan fingerprint density at radius 2 is 2.12 bits per heavy atom. The summed E-state index contributed by atoms with van der Waals surface area (Å²) < 4.78 is 37.2. The lowest BCUT2D eigenvalue weighted by atomic mass is 10.1. The van der Waals surface area contributed by atoms with Gasteiger partial charge in [0.15, 0.2) is 0 Å². The number of aromatic nitrogens is 1. The molecule has 92 valence electrons. The van der Waals surface area contributed by atoms with Gasteiger partial charge in [-0.2, -0.15) is 13.2 Å². The molecule has 0 saturated heterocycles. The van der Waals surface area contributed by atoms with Crippen LogP contribution < -0.4 is 0 Å². The molecule has 6 nitrogen and oxygen atoms in total. The van der Waals surface area contributed by atoms with Crippen molar-refractivity contribution < 1.29 is 28.0 Å². The maximum Gasteiger partial charge on any atom is 0.433 e. The molecule has 1 N–H and O–H groups in total. The Kier molecular flexibility index (Phi) is 3.30. The van der Waals surface area contributed by atoms with E-state index in [4.69, 9.17) is 5.11 Å². The van der Waals surface area contributed by atoms with Crippen molar-refractivity contribution in [3.05, 3.63) is 33.6 Å². The molecule has 0 aliphatic carbocycles. The number of carbonyl (C=O) groups is 1. The summed E-state index contributed by atoms with van der Waals surface area (Å²) in [5, 5.41) is 18.8. The highest BCUT2D eigenvalue weighted by Gasteiger charge is 2.36. The molecule has 1 aromatic rings. The van der Waals surface area contributed by atoms with Crippen LogP contribution in [0.3, 0.4) is 0 Å². The molecule has 0 saturated carbocycles. The predicted octanol–water partition coefficient (Wildman–Crippen LogP) is 1.64. The molecular weight excluding hydrogens is 245 g/mol. The summed E-state index contributed by atoms with van der Waals surface area (Å²) in [6.45, 7) is 0. The zero-order valence-electron chi connectivity index (χ0n) is 8.06. The minimum Gasteiger partial charge on any atom is -0.481 e. The molecular formula is C8H5F3N2O4. The Hall–Kier alpha value is -2.19. The van der Waals surface area contributed by atoms with E-state index in [-0.39, 0.29) is 0 Å². The van der Waals surface area contributed by atoms with Gasteiger partial charge in [0, 0.05) is 11.6 Å². The number of aliphatic carboxylic acids is 1. The fraction of sp³-hybridized carbons (Fsp3) is 0.250. The third-order valence-electron chi connectivity index (χ3n) is 1.77. The summed E-state index contributed by atoms with van der Waals surface area (Å²) in [5.74, 6) is -1.53. The summed E-state index contributed by atoms with van der Waals surface area (Å²) in [4.78, 5) is 22.6. The van der Waals surface area contributed by atoms with E-state index in [1.807, 2.05) is 0 Å². The predicted molar refractivity (Wildman–Crippen MR) is 47.2 cm³/mol. The van der Waals surface area contributed by atoms with Crippen LogP contribution in [0.25, 0.3) is 0 Å². The zero-order chi connectivity index (χ0) is 13.2. The van der Waals surface area contributed by atoms with Crippen molar-refractivity contribution in [3.8, 4) is 0 Å². The van der Waals surface area contributed by atoms with Crippen molar-refractivity contribution in [2.24, 2.45) is 0 Å². The third kappa shape index (κ3) is 3.13. The molecule has 9 heteroatoms. The molecule has 0 fully saturated rings. The maximum atomic E-state index is 12.4. The Morgan fingerprint density at radius 1 is 1.53 bits per heavy atom. The highest BCUT2D eigenvalue weighted by molar-refractivity contribution is 5.71. The van der Waals surface area contributed by atoms with Gasteiger partial charge in [0.25, 0.3) is 5.69 Å². The number of hydrogen-bond acceptors (Lipinski definition) is 4. The zero-order valence-corrected chi connectivity index (χ0v) is 8.06. The monoisotopic (exact) mass is 250 g/mol. The summed E-state index contributed by atoms with van der Waals surface area (Å²) in [6.07, 6.45) is -5.39. The third-order valence-corrected chi connectivity index (χ3v) is 1.77. The van der Waals surface area contributed by atoms with Gasteiger partial charge >= 0.3 is 12.1 Å². The van der Waals surface area contributed by atoms with Crippen LogP contribution in [0.1, 0.15) is 11.3 Å². The fourth-order valence-corrected chi connectivity index (χ4v) is 1.15. The number of halogens is 3. The van der Waals surface area contributed by atoms with Crippen molar-refractivity contribution in [2.75, 3.05) is 0 Å². The minimum absolute atomic E-state index is 0.439. The minimum atomic E-state index is -4.85. The lowest BCUT2D eigenvalue weighted by Crippen LogP contribution is -2.15. The Morgan fingerprint density at radius 3 is 2.53 bits per heavy atom. The van der Waals surface area contributed by atoms with Crippen LogP contribution in [0.2, 0.25) is 0 Å². The summed E-state index contributed by atoms with van der Waals surface area (Å²) in [7, 11) is 0. The van der Waals surface area contributed by atoms with Gasteiger partial charge in [-0.25, -0.2) is 4.98 Å². The first-order valence-corrected chi connectivity index (χ1v) is 4.14. The van der Waals surface area contributed by atoms with Crippen molar-refractivity contribution in [2.45, 2.75) is 12.6 Å². The molecule has 0 aromatic carbocycles. The van der Waals surface area contributed by atoms with Crippen molar-refractivity contribution in [1.29, 1.82) is 0 Å². The SMILES string of the molecule is O=C(O)Cc1cc([N+](=O)[O-])cnc1C(F)(F)F. The maximum absolute atomic E-state index is 12.4. The molecule has 0 bridgehead atoms. The largest absolute Gasteiger partial charge is 0.481 e. The molecule has 17 heavy (non-hydrogen) atoms. The van der Waals surface area contributed by atoms with Crippen LogP contribution in [0.4, 0.5) is 18.9 Å². The Bertz CT molecular complexity index is 472.